The zero-order valence-electron chi connectivity index (χ0n) is 13.1. The highest BCUT2D eigenvalue weighted by Crippen LogP contribution is 2.11. The Kier molecular flexibility index (Phi) is 10.3. The topological polar surface area (TPSA) is 27.7 Å². The van der Waals surface area contributed by atoms with Gasteiger partial charge in [-0.2, -0.15) is 0 Å². The van der Waals surface area contributed by atoms with Gasteiger partial charge < -0.3 is 13.3 Å². The predicted octanol–water partition coefficient (Wildman–Crippen LogP) is 3.74. The maximum atomic E-state index is 13.0. The van der Waals surface area contributed by atoms with Gasteiger partial charge in [0.25, 0.3) is 0 Å². The van der Waals surface area contributed by atoms with Crippen molar-refractivity contribution in [3.63, 3.8) is 0 Å². The van der Waals surface area contributed by atoms with Crippen LogP contribution in [0.5, 0.6) is 0 Å². The highest BCUT2D eigenvalue weighted by atomic mass is 28.3. The molecule has 0 aliphatic rings. The largest absolute Gasteiger partial charge is 0.483 e. The minimum Gasteiger partial charge on any atom is -0.379 e. The molecule has 0 atom stereocenters. The number of aryl methyl sites for hydroxylation is 1. The van der Waals surface area contributed by atoms with Crippen LogP contribution < -0.4 is 0 Å². The van der Waals surface area contributed by atoms with E-state index in [9.17, 15) is 4.39 Å². The van der Waals surface area contributed by atoms with Crippen molar-refractivity contribution >= 4 is 9.53 Å². The smallest absolute Gasteiger partial charge is 0.379 e. The van der Waals surface area contributed by atoms with Crippen molar-refractivity contribution in [1.29, 1.82) is 0 Å². The summed E-state index contributed by atoms with van der Waals surface area (Å²) in [6.07, 6.45) is 7.97. The Morgan fingerprint density at radius 2 is 1.62 bits per heavy atom. The van der Waals surface area contributed by atoms with Gasteiger partial charge in [0.05, 0.1) is 0 Å². The van der Waals surface area contributed by atoms with Gasteiger partial charge in [0.1, 0.15) is 5.82 Å². The van der Waals surface area contributed by atoms with Gasteiger partial charge in [-0.3, -0.25) is 0 Å². The maximum Gasteiger partial charge on any atom is 0.483 e. The van der Waals surface area contributed by atoms with Gasteiger partial charge in [-0.1, -0.05) is 37.8 Å². The zero-order valence-corrected chi connectivity index (χ0v) is 14.3. The molecule has 0 amide bonds. The number of unbranched alkanes of at least 4 members (excludes halogenated alkanes) is 5. The number of hydrogen-bond acceptors (Lipinski definition) is 3. The molecule has 0 heterocycles. The molecule has 3 nitrogen and oxygen atoms in total. The van der Waals surface area contributed by atoms with Crippen LogP contribution in [0.25, 0.3) is 0 Å². The van der Waals surface area contributed by atoms with E-state index in [0.717, 1.165) is 31.4 Å². The maximum absolute atomic E-state index is 13.0. The molecule has 21 heavy (non-hydrogen) atoms. The Bertz CT molecular complexity index is 372. The molecular formula is C16H27FO3Si. The molecule has 0 spiro atoms. The molecule has 0 aromatic heterocycles. The predicted molar refractivity (Wildman–Crippen MR) is 84.9 cm³/mol. The van der Waals surface area contributed by atoms with Crippen molar-refractivity contribution in [2.75, 3.05) is 20.8 Å². The molecule has 0 aliphatic carbocycles. The minimum atomic E-state index is -1.83. The fourth-order valence-electron chi connectivity index (χ4n) is 2.24. The van der Waals surface area contributed by atoms with Crippen molar-refractivity contribution in [3.8, 4) is 0 Å². The molecular weight excluding hydrogens is 287 g/mol. The van der Waals surface area contributed by atoms with E-state index < -0.39 is 9.53 Å². The van der Waals surface area contributed by atoms with E-state index in [4.69, 9.17) is 13.3 Å². The fourth-order valence-corrected chi connectivity index (χ4v) is 3.07. The highest BCUT2D eigenvalue weighted by Gasteiger charge is 2.09. The van der Waals surface area contributed by atoms with Crippen LogP contribution in [0.3, 0.4) is 0 Å². The summed E-state index contributed by atoms with van der Waals surface area (Å²) in [6.45, 7) is 0.724. The number of benzene rings is 1. The lowest BCUT2D eigenvalue weighted by atomic mass is 10.0. The van der Waals surface area contributed by atoms with E-state index in [1.165, 1.54) is 31.7 Å². The van der Waals surface area contributed by atoms with Crippen molar-refractivity contribution < 1.29 is 17.7 Å². The van der Waals surface area contributed by atoms with Crippen LogP contribution in [0, 0.1) is 5.82 Å². The Balaban J connectivity index is 1.91. The molecule has 120 valence electrons. The summed E-state index contributed by atoms with van der Waals surface area (Å²) in [5.74, 6) is -0.138. The molecule has 1 aromatic rings. The van der Waals surface area contributed by atoms with E-state index in [-0.39, 0.29) is 5.82 Å². The van der Waals surface area contributed by atoms with Gasteiger partial charge in [-0.05, 0) is 37.0 Å². The van der Waals surface area contributed by atoms with Crippen LogP contribution >= 0.6 is 0 Å². The second-order valence-electron chi connectivity index (χ2n) is 5.13. The first-order valence-corrected chi connectivity index (χ1v) is 9.09. The molecule has 0 saturated heterocycles. The monoisotopic (exact) mass is 314 g/mol. The molecule has 0 aliphatic heterocycles. The van der Waals surface area contributed by atoms with Crippen molar-refractivity contribution in [2.24, 2.45) is 0 Å². The summed E-state index contributed by atoms with van der Waals surface area (Å²) in [5, 5.41) is 0. The first kappa shape index (κ1) is 18.3. The fraction of sp³-hybridized carbons (Fsp3) is 0.625. The first-order chi connectivity index (χ1) is 10.3. The number of hydrogen-bond donors (Lipinski definition) is 0. The molecule has 0 unspecified atom stereocenters. The molecule has 0 bridgehead atoms. The van der Waals surface area contributed by atoms with Crippen LogP contribution in [0.4, 0.5) is 4.39 Å². The Labute approximate surface area is 129 Å². The summed E-state index contributed by atoms with van der Waals surface area (Å²) >= 11 is 0. The quantitative estimate of drug-likeness (QED) is 0.434. The summed E-state index contributed by atoms with van der Waals surface area (Å²) in [7, 11) is 1.42. The molecule has 1 aromatic carbocycles. The Morgan fingerprint density at radius 3 is 2.29 bits per heavy atom. The highest BCUT2D eigenvalue weighted by molar-refractivity contribution is 6.36. The van der Waals surface area contributed by atoms with Crippen LogP contribution in [-0.2, 0) is 19.7 Å². The van der Waals surface area contributed by atoms with Gasteiger partial charge in [0, 0.05) is 20.8 Å². The van der Waals surface area contributed by atoms with E-state index in [1.807, 2.05) is 6.07 Å². The lowest BCUT2D eigenvalue weighted by Crippen LogP contribution is -2.24. The first-order valence-electron chi connectivity index (χ1n) is 7.68. The van der Waals surface area contributed by atoms with E-state index in [0.29, 0.717) is 0 Å². The van der Waals surface area contributed by atoms with Gasteiger partial charge in [0.15, 0.2) is 0 Å². The molecule has 0 N–H and O–H groups in total. The molecule has 5 heteroatoms. The van der Waals surface area contributed by atoms with Crippen LogP contribution in [0.2, 0.25) is 0 Å². The SMILES string of the molecule is CO[SiH](OC)OCCCCCCCCc1cccc(F)c1. The third-order valence-electron chi connectivity index (χ3n) is 3.39. The average molecular weight is 314 g/mol. The summed E-state index contributed by atoms with van der Waals surface area (Å²) < 4.78 is 28.6. The molecule has 0 fully saturated rings. The van der Waals surface area contributed by atoms with Crippen LogP contribution in [0.15, 0.2) is 24.3 Å². The van der Waals surface area contributed by atoms with Crippen molar-refractivity contribution in [3.05, 3.63) is 35.6 Å². The minimum absolute atomic E-state index is 0.138. The lowest BCUT2D eigenvalue weighted by Gasteiger charge is -2.11. The lowest BCUT2D eigenvalue weighted by molar-refractivity contribution is 0.133. The number of halogens is 1. The summed E-state index contributed by atoms with van der Waals surface area (Å²) in [5.41, 5.74) is 1.10. The second-order valence-corrected chi connectivity index (χ2v) is 6.99. The standard InChI is InChI=1S/C16H27FO3Si/c1-18-21(19-2)20-13-8-6-4-3-5-7-10-15-11-9-12-16(17)14-15/h9,11-12,14,21H,3-8,10,13H2,1-2H3. The van der Waals surface area contributed by atoms with E-state index >= 15 is 0 Å². The molecule has 0 saturated carbocycles. The zero-order chi connectivity index (χ0) is 15.3. The third-order valence-corrected chi connectivity index (χ3v) is 4.67. The van der Waals surface area contributed by atoms with Crippen molar-refractivity contribution in [1.82, 2.24) is 0 Å². The van der Waals surface area contributed by atoms with E-state index in [1.54, 1.807) is 26.4 Å². The Hall–Kier alpha value is -0.753. The van der Waals surface area contributed by atoms with Crippen LogP contribution in [0.1, 0.15) is 44.1 Å². The van der Waals surface area contributed by atoms with E-state index in [2.05, 4.69) is 0 Å². The number of rotatable bonds is 12. The van der Waals surface area contributed by atoms with Crippen molar-refractivity contribution in [2.45, 2.75) is 44.9 Å². The normalized spacial score (nSPS) is 11.2. The van der Waals surface area contributed by atoms with Gasteiger partial charge in [0.2, 0.25) is 0 Å². The van der Waals surface area contributed by atoms with Gasteiger partial charge in [-0.15, -0.1) is 0 Å². The summed E-state index contributed by atoms with van der Waals surface area (Å²) in [6, 6.07) is 6.89. The third kappa shape index (κ3) is 8.98. The van der Waals surface area contributed by atoms with Gasteiger partial charge in [-0.25, -0.2) is 4.39 Å². The second kappa shape index (κ2) is 11.9. The molecule has 0 radical (unpaired) electrons. The Morgan fingerprint density at radius 1 is 0.952 bits per heavy atom. The average Bonchev–Trinajstić information content (AvgIpc) is 2.49. The van der Waals surface area contributed by atoms with Gasteiger partial charge >= 0.3 is 9.53 Å². The molecule has 1 rings (SSSR count). The summed E-state index contributed by atoms with van der Waals surface area (Å²) in [4.78, 5) is 0. The van der Waals surface area contributed by atoms with Crippen LogP contribution in [-0.4, -0.2) is 30.4 Å².